The first-order valence-electron chi connectivity index (χ1n) is 9.78. The Labute approximate surface area is 169 Å². The molecule has 0 aliphatic carbocycles. The van der Waals surface area contributed by atoms with Crippen molar-refractivity contribution in [3.63, 3.8) is 0 Å². The minimum absolute atomic E-state index is 0.0820. The van der Waals surface area contributed by atoms with E-state index >= 15 is 0 Å². The largest absolute Gasteiger partial charge is 0.350 e. The Hall–Kier alpha value is -3.22. The van der Waals surface area contributed by atoms with E-state index in [-0.39, 0.29) is 29.8 Å². The number of aryl methyl sites for hydroxylation is 3. The molecule has 0 radical (unpaired) electrons. The van der Waals surface area contributed by atoms with Crippen LogP contribution in [0.2, 0.25) is 0 Å². The number of carbonyl (C=O) groups excluding carboxylic acids is 1. The number of hydrogen-bond donors (Lipinski definition) is 1. The lowest BCUT2D eigenvalue weighted by molar-refractivity contribution is -0.121. The Balaban J connectivity index is 1.61. The Kier molecular flexibility index (Phi) is 6.26. The second kappa shape index (κ2) is 8.86. The minimum Gasteiger partial charge on any atom is -0.350 e. The van der Waals surface area contributed by atoms with E-state index in [0.717, 1.165) is 11.3 Å². The van der Waals surface area contributed by atoms with E-state index in [9.17, 15) is 9.59 Å². The molecule has 2 heterocycles. The van der Waals surface area contributed by atoms with Gasteiger partial charge in [0.1, 0.15) is 0 Å². The number of aromatic nitrogens is 3. The maximum absolute atomic E-state index is 12.6. The van der Waals surface area contributed by atoms with E-state index in [1.165, 1.54) is 5.56 Å². The summed E-state index contributed by atoms with van der Waals surface area (Å²) < 4.78 is 6.90. The van der Waals surface area contributed by atoms with Gasteiger partial charge in [-0.2, -0.15) is 4.98 Å². The van der Waals surface area contributed by atoms with Gasteiger partial charge in [-0.05, 0) is 45.4 Å². The molecule has 1 N–H and O–H groups in total. The molecule has 1 atom stereocenters. The molecule has 0 bridgehead atoms. The molecule has 0 saturated heterocycles. The fourth-order valence-electron chi connectivity index (χ4n) is 3.17. The topological polar surface area (TPSA) is 90.0 Å². The van der Waals surface area contributed by atoms with Gasteiger partial charge in [-0.3, -0.25) is 9.59 Å². The summed E-state index contributed by atoms with van der Waals surface area (Å²) in [6.45, 7) is 8.34. The van der Waals surface area contributed by atoms with Gasteiger partial charge in [-0.25, -0.2) is 0 Å². The predicted molar refractivity (Wildman–Crippen MR) is 110 cm³/mol. The van der Waals surface area contributed by atoms with Crippen LogP contribution in [0.25, 0.3) is 11.4 Å². The van der Waals surface area contributed by atoms with Crippen molar-refractivity contribution in [2.24, 2.45) is 0 Å². The Morgan fingerprint density at radius 1 is 1.17 bits per heavy atom. The third-order valence-electron chi connectivity index (χ3n) is 4.94. The predicted octanol–water partition coefficient (Wildman–Crippen LogP) is 3.35. The lowest BCUT2D eigenvalue weighted by atomic mass is 10.1. The van der Waals surface area contributed by atoms with Gasteiger partial charge in [0.2, 0.25) is 17.6 Å². The molecule has 3 rings (SSSR count). The lowest BCUT2D eigenvalue weighted by Crippen LogP contribution is -2.26. The maximum atomic E-state index is 12.6. The van der Waals surface area contributed by atoms with E-state index in [4.69, 9.17) is 4.52 Å². The first-order valence-corrected chi connectivity index (χ1v) is 9.78. The fourth-order valence-corrected chi connectivity index (χ4v) is 3.17. The lowest BCUT2D eigenvalue weighted by Gasteiger charge is -2.14. The zero-order chi connectivity index (χ0) is 21.0. The number of nitrogens with one attached hydrogen (secondary N) is 1. The Morgan fingerprint density at radius 3 is 2.59 bits per heavy atom. The van der Waals surface area contributed by atoms with Crippen molar-refractivity contribution in [2.75, 3.05) is 0 Å². The quantitative estimate of drug-likeness (QED) is 0.664. The van der Waals surface area contributed by atoms with Crippen LogP contribution in [0.3, 0.4) is 0 Å². The first kappa shape index (κ1) is 20.5. The summed E-state index contributed by atoms with van der Waals surface area (Å²) in [5.41, 5.74) is 3.35. The third-order valence-corrected chi connectivity index (χ3v) is 4.94. The number of carbonyl (C=O) groups is 1. The Bertz CT molecular complexity index is 1050. The van der Waals surface area contributed by atoms with Gasteiger partial charge in [0.15, 0.2) is 0 Å². The first-order chi connectivity index (χ1) is 13.9. The molecule has 7 nitrogen and oxygen atoms in total. The number of hydrogen-bond acceptors (Lipinski definition) is 5. The van der Waals surface area contributed by atoms with Gasteiger partial charge >= 0.3 is 0 Å². The van der Waals surface area contributed by atoms with Gasteiger partial charge < -0.3 is 14.4 Å². The molecule has 0 fully saturated rings. The van der Waals surface area contributed by atoms with Crippen molar-refractivity contribution in [2.45, 2.75) is 53.1 Å². The average Bonchev–Trinajstić information content (AvgIpc) is 3.16. The second-order valence-electron chi connectivity index (χ2n) is 7.15. The smallest absolute Gasteiger partial charge is 0.261 e. The number of benzene rings is 1. The zero-order valence-electron chi connectivity index (χ0n) is 17.2. The van der Waals surface area contributed by atoms with Crippen LogP contribution < -0.4 is 10.9 Å². The fraction of sp³-hybridized carbons (Fsp3) is 0.364. The molecule has 0 aliphatic rings. The van der Waals surface area contributed by atoms with Gasteiger partial charge in [0.25, 0.3) is 5.56 Å². The zero-order valence-corrected chi connectivity index (χ0v) is 17.2. The molecular weight excluding hydrogens is 368 g/mol. The molecule has 7 heteroatoms. The Morgan fingerprint density at radius 2 is 1.90 bits per heavy atom. The highest BCUT2D eigenvalue weighted by molar-refractivity contribution is 5.76. The summed E-state index contributed by atoms with van der Waals surface area (Å²) >= 11 is 0. The van der Waals surface area contributed by atoms with E-state index in [0.29, 0.717) is 24.4 Å². The van der Waals surface area contributed by atoms with Gasteiger partial charge in [-0.15, -0.1) is 0 Å². The van der Waals surface area contributed by atoms with Gasteiger partial charge in [0.05, 0.1) is 11.6 Å². The highest BCUT2D eigenvalue weighted by atomic mass is 16.5. The van der Waals surface area contributed by atoms with Crippen LogP contribution >= 0.6 is 0 Å². The minimum atomic E-state index is -0.149. The van der Waals surface area contributed by atoms with Gasteiger partial charge in [-0.1, -0.05) is 35.0 Å². The van der Waals surface area contributed by atoms with E-state index in [1.54, 1.807) is 10.6 Å². The summed E-state index contributed by atoms with van der Waals surface area (Å²) in [7, 11) is 0. The number of nitrogens with zero attached hydrogens (tertiary/aromatic N) is 3. The van der Waals surface area contributed by atoms with Crippen LogP contribution in [-0.2, 0) is 17.8 Å². The van der Waals surface area contributed by atoms with E-state index < -0.39 is 0 Å². The van der Waals surface area contributed by atoms with Crippen molar-refractivity contribution >= 4 is 5.91 Å². The van der Waals surface area contributed by atoms with Crippen molar-refractivity contribution in [3.8, 4) is 11.4 Å². The monoisotopic (exact) mass is 394 g/mol. The van der Waals surface area contributed by atoms with Crippen LogP contribution in [-0.4, -0.2) is 20.6 Å². The van der Waals surface area contributed by atoms with Crippen molar-refractivity contribution in [3.05, 3.63) is 69.5 Å². The number of amides is 1. The van der Waals surface area contributed by atoms with Gasteiger partial charge in [0, 0.05) is 25.1 Å². The summed E-state index contributed by atoms with van der Waals surface area (Å²) in [5.74, 6) is 0.489. The summed E-state index contributed by atoms with van der Waals surface area (Å²) in [6, 6.07) is 11.5. The van der Waals surface area contributed by atoms with Crippen LogP contribution in [0.4, 0.5) is 0 Å². The highest BCUT2D eigenvalue weighted by Crippen LogP contribution is 2.15. The summed E-state index contributed by atoms with van der Waals surface area (Å²) in [4.78, 5) is 29.1. The molecular formula is C22H26N4O3. The molecule has 0 spiro atoms. The molecule has 1 unspecified atom stereocenters. The van der Waals surface area contributed by atoms with Crippen LogP contribution in [0.5, 0.6) is 0 Å². The molecule has 29 heavy (non-hydrogen) atoms. The average molecular weight is 394 g/mol. The van der Waals surface area contributed by atoms with Crippen LogP contribution in [0.15, 0.2) is 45.7 Å². The SMILES string of the molecule is CCn1c(C)ccc(-c2noc(CCC(=O)NC(C)c3ccc(C)cc3)n2)c1=O. The molecule has 2 aromatic heterocycles. The molecule has 1 amide bonds. The van der Waals surface area contributed by atoms with Crippen molar-refractivity contribution in [1.82, 2.24) is 20.0 Å². The highest BCUT2D eigenvalue weighted by Gasteiger charge is 2.16. The van der Waals surface area contributed by atoms with Crippen LogP contribution in [0, 0.1) is 13.8 Å². The molecule has 152 valence electrons. The summed E-state index contributed by atoms with van der Waals surface area (Å²) in [6.07, 6.45) is 0.540. The molecule has 1 aromatic carbocycles. The number of pyridine rings is 1. The summed E-state index contributed by atoms with van der Waals surface area (Å²) in [5, 5.41) is 6.89. The standard InChI is InChI=1S/C22H26N4O3/c1-5-26-15(3)8-11-18(22(26)28)21-24-20(29-25-21)13-12-19(27)23-16(4)17-9-6-14(2)7-10-17/h6-11,16H,5,12-13H2,1-4H3,(H,23,27). The molecule has 0 saturated carbocycles. The van der Waals surface area contributed by atoms with Crippen LogP contribution in [0.1, 0.15) is 49.0 Å². The molecule has 3 aromatic rings. The van der Waals surface area contributed by atoms with Crippen molar-refractivity contribution < 1.29 is 9.32 Å². The number of rotatable bonds is 7. The normalized spacial score (nSPS) is 12.0. The van der Waals surface area contributed by atoms with E-state index in [2.05, 4.69) is 15.5 Å². The van der Waals surface area contributed by atoms with Crippen molar-refractivity contribution in [1.29, 1.82) is 0 Å². The van der Waals surface area contributed by atoms with E-state index in [1.807, 2.05) is 58.0 Å². The molecule has 0 aliphatic heterocycles. The third kappa shape index (κ3) is 4.80. The maximum Gasteiger partial charge on any atom is 0.261 e. The second-order valence-corrected chi connectivity index (χ2v) is 7.15.